The van der Waals surface area contributed by atoms with E-state index in [1.54, 1.807) is 31.4 Å². The molecule has 2 rings (SSSR count). The Hall–Kier alpha value is -1.64. The minimum atomic E-state index is -0.362. The first kappa shape index (κ1) is 11.8. The third kappa shape index (κ3) is 2.54. The van der Waals surface area contributed by atoms with Gasteiger partial charge in [-0.3, -0.25) is 9.59 Å². The summed E-state index contributed by atoms with van der Waals surface area (Å²) in [5, 5.41) is 0. The number of hydrogen-bond donors (Lipinski definition) is 0. The van der Waals surface area contributed by atoms with Gasteiger partial charge in [-0.1, -0.05) is 12.8 Å². The highest BCUT2D eigenvalue weighted by Gasteiger charge is 2.28. The van der Waals surface area contributed by atoms with Crippen molar-refractivity contribution in [2.75, 3.05) is 7.11 Å². The molecule has 1 aromatic carbocycles. The molecule has 0 aliphatic heterocycles. The number of methoxy groups -OCH3 is 1. The lowest BCUT2D eigenvalue weighted by Crippen LogP contribution is -2.21. The molecule has 0 amide bonds. The van der Waals surface area contributed by atoms with Crippen LogP contribution in [0.5, 0.6) is 5.75 Å². The van der Waals surface area contributed by atoms with Crippen molar-refractivity contribution in [3.8, 4) is 5.75 Å². The van der Waals surface area contributed by atoms with E-state index in [1.165, 1.54) is 0 Å². The fraction of sp³-hybridized carbons (Fsp3) is 0.429. The first-order chi connectivity index (χ1) is 8.22. The zero-order valence-corrected chi connectivity index (χ0v) is 9.94. The molecule has 0 heterocycles. The first-order valence-electron chi connectivity index (χ1n) is 5.95. The molecule has 1 aromatic rings. The van der Waals surface area contributed by atoms with Crippen LogP contribution in [-0.2, 0) is 4.79 Å². The highest BCUT2D eigenvalue weighted by atomic mass is 16.5. The fourth-order valence-electron chi connectivity index (χ4n) is 2.26. The van der Waals surface area contributed by atoms with Crippen LogP contribution in [0, 0.1) is 5.92 Å². The largest absolute Gasteiger partial charge is 0.497 e. The Kier molecular flexibility index (Phi) is 3.57. The van der Waals surface area contributed by atoms with Gasteiger partial charge in [0.25, 0.3) is 0 Å². The second kappa shape index (κ2) is 5.13. The van der Waals surface area contributed by atoms with E-state index in [0.29, 0.717) is 11.3 Å². The number of benzene rings is 1. The molecule has 0 atom stereocenters. The average molecular weight is 232 g/mol. The van der Waals surface area contributed by atoms with Crippen molar-refractivity contribution in [2.24, 2.45) is 5.92 Å². The van der Waals surface area contributed by atoms with Crippen LogP contribution in [-0.4, -0.2) is 18.7 Å². The molecule has 0 spiro atoms. The summed E-state index contributed by atoms with van der Waals surface area (Å²) < 4.78 is 5.01. The Morgan fingerprint density at radius 3 is 2.24 bits per heavy atom. The average Bonchev–Trinajstić information content (AvgIpc) is 2.91. The number of hydrogen-bond acceptors (Lipinski definition) is 3. The summed E-state index contributed by atoms with van der Waals surface area (Å²) in [6.07, 6.45) is 3.85. The lowest BCUT2D eigenvalue weighted by molar-refractivity contribution is -0.118. The lowest BCUT2D eigenvalue weighted by Gasteiger charge is -2.07. The highest BCUT2D eigenvalue weighted by molar-refractivity contribution is 6.44. The van der Waals surface area contributed by atoms with Gasteiger partial charge in [-0.2, -0.15) is 0 Å². The Bertz CT molecular complexity index is 414. The van der Waals surface area contributed by atoms with Crippen LogP contribution in [0.2, 0.25) is 0 Å². The van der Waals surface area contributed by atoms with Crippen molar-refractivity contribution in [3.63, 3.8) is 0 Å². The summed E-state index contributed by atoms with van der Waals surface area (Å²) in [6.45, 7) is 0. The predicted octanol–water partition coefficient (Wildman–Crippen LogP) is 2.64. The van der Waals surface area contributed by atoms with Crippen LogP contribution in [0.25, 0.3) is 0 Å². The maximum Gasteiger partial charge on any atom is 0.228 e. The molecule has 0 bridgehead atoms. The van der Waals surface area contributed by atoms with Gasteiger partial charge in [0.15, 0.2) is 0 Å². The topological polar surface area (TPSA) is 43.4 Å². The van der Waals surface area contributed by atoms with E-state index in [2.05, 4.69) is 0 Å². The number of rotatable bonds is 4. The van der Waals surface area contributed by atoms with Crippen LogP contribution in [0.1, 0.15) is 36.0 Å². The molecule has 1 saturated carbocycles. The number of carbonyl (C=O) groups is 2. The maximum absolute atomic E-state index is 11.9. The van der Waals surface area contributed by atoms with E-state index in [1.807, 2.05) is 0 Å². The first-order valence-corrected chi connectivity index (χ1v) is 5.95. The Morgan fingerprint density at radius 2 is 1.71 bits per heavy atom. The van der Waals surface area contributed by atoms with E-state index >= 15 is 0 Å². The SMILES string of the molecule is COc1ccc(C(=O)C(=O)C2CCCC2)cc1. The number of Topliss-reactive ketones (excluding diaryl/α,β-unsaturated/α-hetero) is 2. The lowest BCUT2D eigenvalue weighted by atomic mass is 9.95. The summed E-state index contributed by atoms with van der Waals surface area (Å²) >= 11 is 0. The van der Waals surface area contributed by atoms with Crippen LogP contribution >= 0.6 is 0 Å². The summed E-state index contributed by atoms with van der Waals surface area (Å²) in [6, 6.07) is 6.70. The Labute approximate surface area is 101 Å². The van der Waals surface area contributed by atoms with E-state index in [9.17, 15) is 9.59 Å². The number of ether oxygens (including phenoxy) is 1. The normalized spacial score (nSPS) is 15.8. The van der Waals surface area contributed by atoms with Crippen molar-refractivity contribution in [1.82, 2.24) is 0 Å². The van der Waals surface area contributed by atoms with Gasteiger partial charge in [-0.15, -0.1) is 0 Å². The number of carbonyl (C=O) groups excluding carboxylic acids is 2. The van der Waals surface area contributed by atoms with E-state index in [-0.39, 0.29) is 17.5 Å². The molecule has 1 aliphatic carbocycles. The van der Waals surface area contributed by atoms with Crippen molar-refractivity contribution >= 4 is 11.6 Å². The van der Waals surface area contributed by atoms with Crippen LogP contribution in [0.4, 0.5) is 0 Å². The van der Waals surface area contributed by atoms with E-state index in [0.717, 1.165) is 25.7 Å². The molecule has 0 saturated heterocycles. The van der Waals surface area contributed by atoms with Gasteiger partial charge in [0.2, 0.25) is 11.6 Å². The Morgan fingerprint density at radius 1 is 1.12 bits per heavy atom. The second-order valence-corrected chi connectivity index (χ2v) is 4.40. The molecule has 0 radical (unpaired) electrons. The summed E-state index contributed by atoms with van der Waals surface area (Å²) in [7, 11) is 1.57. The van der Waals surface area contributed by atoms with Crippen LogP contribution in [0.15, 0.2) is 24.3 Å². The zero-order valence-electron chi connectivity index (χ0n) is 9.94. The third-order valence-corrected chi connectivity index (χ3v) is 3.30. The molecule has 90 valence electrons. The molecule has 1 aliphatic rings. The molecule has 1 fully saturated rings. The van der Waals surface area contributed by atoms with E-state index < -0.39 is 0 Å². The van der Waals surface area contributed by atoms with Gasteiger partial charge < -0.3 is 4.74 Å². The molecule has 3 heteroatoms. The number of ketones is 2. The van der Waals surface area contributed by atoms with Crippen LogP contribution in [0.3, 0.4) is 0 Å². The quantitative estimate of drug-likeness (QED) is 0.592. The van der Waals surface area contributed by atoms with Gasteiger partial charge in [0.1, 0.15) is 5.75 Å². The van der Waals surface area contributed by atoms with Gasteiger partial charge in [-0.05, 0) is 37.1 Å². The van der Waals surface area contributed by atoms with Gasteiger partial charge in [-0.25, -0.2) is 0 Å². The summed E-state index contributed by atoms with van der Waals surface area (Å²) in [5.74, 6) is 0.0479. The van der Waals surface area contributed by atoms with Crippen molar-refractivity contribution < 1.29 is 14.3 Å². The van der Waals surface area contributed by atoms with Crippen molar-refractivity contribution in [1.29, 1.82) is 0 Å². The minimum Gasteiger partial charge on any atom is -0.497 e. The van der Waals surface area contributed by atoms with Gasteiger partial charge in [0.05, 0.1) is 7.11 Å². The van der Waals surface area contributed by atoms with Crippen molar-refractivity contribution in [2.45, 2.75) is 25.7 Å². The van der Waals surface area contributed by atoms with Crippen LogP contribution < -0.4 is 4.74 Å². The molecule has 3 nitrogen and oxygen atoms in total. The molecular weight excluding hydrogens is 216 g/mol. The molecule has 0 aromatic heterocycles. The Balaban J connectivity index is 2.10. The predicted molar refractivity (Wildman–Crippen MR) is 64.3 cm³/mol. The molecule has 0 N–H and O–H groups in total. The second-order valence-electron chi connectivity index (χ2n) is 4.40. The third-order valence-electron chi connectivity index (χ3n) is 3.30. The van der Waals surface area contributed by atoms with Gasteiger partial charge >= 0.3 is 0 Å². The summed E-state index contributed by atoms with van der Waals surface area (Å²) in [5.41, 5.74) is 0.461. The smallest absolute Gasteiger partial charge is 0.228 e. The van der Waals surface area contributed by atoms with Crippen molar-refractivity contribution in [3.05, 3.63) is 29.8 Å². The minimum absolute atomic E-state index is 0.0513. The fourth-order valence-corrected chi connectivity index (χ4v) is 2.26. The maximum atomic E-state index is 11.9. The molecule has 0 unspecified atom stereocenters. The standard InChI is InChI=1S/C14H16O3/c1-17-12-8-6-11(7-9-12)14(16)13(15)10-4-2-3-5-10/h6-10H,2-5H2,1H3. The van der Waals surface area contributed by atoms with E-state index in [4.69, 9.17) is 4.74 Å². The highest BCUT2D eigenvalue weighted by Crippen LogP contribution is 2.26. The summed E-state index contributed by atoms with van der Waals surface area (Å²) in [4.78, 5) is 23.9. The van der Waals surface area contributed by atoms with Gasteiger partial charge in [0, 0.05) is 11.5 Å². The molecule has 17 heavy (non-hydrogen) atoms. The monoisotopic (exact) mass is 232 g/mol. The molecular formula is C14H16O3. The zero-order chi connectivity index (χ0) is 12.3.